The van der Waals surface area contributed by atoms with Crippen molar-refractivity contribution in [3.63, 3.8) is 0 Å². The highest BCUT2D eigenvalue weighted by Crippen LogP contribution is 2.29. The molecule has 2 amide bonds. The van der Waals surface area contributed by atoms with Gasteiger partial charge in [-0.05, 0) is 24.6 Å². The van der Waals surface area contributed by atoms with E-state index in [1.54, 1.807) is 6.07 Å². The first kappa shape index (κ1) is 8.99. The number of urea groups is 1. The van der Waals surface area contributed by atoms with E-state index in [-0.39, 0.29) is 17.9 Å². The predicted octanol–water partition coefficient (Wildman–Crippen LogP) is 2.41. The minimum Gasteiger partial charge on any atom is -0.331 e. The Bertz CT molecular complexity index is 378. The molecule has 0 aromatic heterocycles. The van der Waals surface area contributed by atoms with Crippen molar-refractivity contribution in [1.29, 1.82) is 0 Å². The van der Waals surface area contributed by atoms with Gasteiger partial charge in [-0.1, -0.05) is 6.92 Å². The fourth-order valence-corrected chi connectivity index (χ4v) is 1.65. The summed E-state index contributed by atoms with van der Waals surface area (Å²) in [6.45, 7) is 1.95. The van der Waals surface area contributed by atoms with Gasteiger partial charge in [-0.3, -0.25) is 0 Å². The summed E-state index contributed by atoms with van der Waals surface area (Å²) in [5, 5.41) is 5.37. The Labute approximate surface area is 81.3 Å². The minimum absolute atomic E-state index is 0.0885. The number of anilines is 1. The molecule has 0 bridgehead atoms. The molecule has 4 heteroatoms. The number of hydrogen-bond acceptors (Lipinski definition) is 1. The maximum absolute atomic E-state index is 13.0. The molecule has 0 spiro atoms. The maximum Gasteiger partial charge on any atom is 0.319 e. The van der Waals surface area contributed by atoms with Crippen LogP contribution in [0.2, 0.25) is 0 Å². The van der Waals surface area contributed by atoms with Crippen LogP contribution >= 0.6 is 0 Å². The van der Waals surface area contributed by atoms with Crippen LogP contribution < -0.4 is 10.6 Å². The number of carbonyl (C=O) groups is 1. The molecular weight excluding hydrogens is 183 g/mol. The Morgan fingerprint density at radius 2 is 2.29 bits per heavy atom. The van der Waals surface area contributed by atoms with Gasteiger partial charge in [-0.2, -0.15) is 0 Å². The van der Waals surface area contributed by atoms with E-state index in [4.69, 9.17) is 0 Å². The second-order valence-corrected chi connectivity index (χ2v) is 3.29. The lowest BCUT2D eigenvalue weighted by molar-refractivity contribution is 0.247. The average molecular weight is 194 g/mol. The smallest absolute Gasteiger partial charge is 0.319 e. The van der Waals surface area contributed by atoms with Gasteiger partial charge in [0.15, 0.2) is 0 Å². The first-order valence-corrected chi connectivity index (χ1v) is 4.57. The van der Waals surface area contributed by atoms with E-state index in [9.17, 15) is 9.18 Å². The highest BCUT2D eigenvalue weighted by molar-refractivity contribution is 5.92. The number of fused-ring (bicyclic) bond motifs is 1. The molecule has 1 unspecified atom stereocenters. The van der Waals surface area contributed by atoms with Crippen LogP contribution in [-0.2, 0) is 0 Å². The molecule has 0 radical (unpaired) electrons. The van der Waals surface area contributed by atoms with Gasteiger partial charge in [0.2, 0.25) is 0 Å². The number of amides is 2. The minimum atomic E-state index is -0.278. The van der Waals surface area contributed by atoms with E-state index < -0.39 is 0 Å². The molecule has 1 atom stereocenters. The number of rotatable bonds is 1. The third-order valence-corrected chi connectivity index (χ3v) is 2.35. The fraction of sp³-hybridized carbons (Fsp3) is 0.300. The van der Waals surface area contributed by atoms with E-state index >= 15 is 0 Å². The summed E-state index contributed by atoms with van der Waals surface area (Å²) in [7, 11) is 0. The second kappa shape index (κ2) is 3.29. The lowest BCUT2D eigenvalue weighted by Gasteiger charge is -2.26. The van der Waals surface area contributed by atoms with Crippen molar-refractivity contribution in [2.24, 2.45) is 0 Å². The summed E-state index contributed by atoms with van der Waals surface area (Å²) < 4.78 is 13.0. The third-order valence-electron chi connectivity index (χ3n) is 2.35. The lowest BCUT2D eigenvalue weighted by Crippen LogP contribution is -2.37. The van der Waals surface area contributed by atoms with Crippen molar-refractivity contribution in [3.05, 3.63) is 29.6 Å². The molecule has 2 N–H and O–H groups in total. The van der Waals surface area contributed by atoms with Gasteiger partial charge in [0.1, 0.15) is 5.82 Å². The Hall–Kier alpha value is -1.58. The highest BCUT2D eigenvalue weighted by atomic mass is 19.1. The van der Waals surface area contributed by atoms with Crippen LogP contribution in [0.25, 0.3) is 0 Å². The fourth-order valence-electron chi connectivity index (χ4n) is 1.65. The van der Waals surface area contributed by atoms with Crippen molar-refractivity contribution in [1.82, 2.24) is 5.32 Å². The molecule has 3 nitrogen and oxygen atoms in total. The number of halogens is 1. The van der Waals surface area contributed by atoms with E-state index in [1.807, 2.05) is 6.92 Å². The molecule has 0 aliphatic carbocycles. The molecule has 1 aromatic carbocycles. The second-order valence-electron chi connectivity index (χ2n) is 3.29. The van der Waals surface area contributed by atoms with Crippen molar-refractivity contribution >= 4 is 11.7 Å². The van der Waals surface area contributed by atoms with Crippen molar-refractivity contribution in [2.75, 3.05) is 5.32 Å². The van der Waals surface area contributed by atoms with Gasteiger partial charge in [-0.25, -0.2) is 9.18 Å². The topological polar surface area (TPSA) is 41.1 Å². The lowest BCUT2D eigenvalue weighted by atomic mass is 10.0. The summed E-state index contributed by atoms with van der Waals surface area (Å²) in [6, 6.07) is 4.07. The summed E-state index contributed by atoms with van der Waals surface area (Å²) in [5.41, 5.74) is 1.51. The van der Waals surface area contributed by atoms with Gasteiger partial charge in [0.05, 0.1) is 6.04 Å². The van der Waals surface area contributed by atoms with Gasteiger partial charge in [-0.15, -0.1) is 0 Å². The predicted molar refractivity (Wildman–Crippen MR) is 51.6 cm³/mol. The molecule has 2 rings (SSSR count). The average Bonchev–Trinajstić information content (AvgIpc) is 2.17. The van der Waals surface area contributed by atoms with Crippen LogP contribution in [0.15, 0.2) is 18.2 Å². The van der Waals surface area contributed by atoms with Crippen LogP contribution in [-0.4, -0.2) is 6.03 Å². The van der Waals surface area contributed by atoms with E-state index in [0.29, 0.717) is 5.69 Å². The number of hydrogen-bond donors (Lipinski definition) is 2. The largest absolute Gasteiger partial charge is 0.331 e. The molecule has 14 heavy (non-hydrogen) atoms. The van der Waals surface area contributed by atoms with E-state index in [2.05, 4.69) is 10.6 Å². The van der Waals surface area contributed by atoms with Gasteiger partial charge in [0, 0.05) is 11.3 Å². The Morgan fingerprint density at radius 3 is 3.00 bits per heavy atom. The first-order chi connectivity index (χ1) is 6.70. The Balaban J connectivity index is 2.46. The Morgan fingerprint density at radius 1 is 1.50 bits per heavy atom. The summed E-state index contributed by atoms with van der Waals surface area (Å²) in [5.74, 6) is -0.278. The van der Waals surface area contributed by atoms with Gasteiger partial charge >= 0.3 is 6.03 Å². The molecule has 1 aliphatic heterocycles. The quantitative estimate of drug-likeness (QED) is 0.708. The standard InChI is InChI=1S/C10H11FN2O/c1-2-8-7-5-6(11)3-4-9(7)13-10(14)12-8/h3-5,8H,2H2,1H3,(H2,12,13,14). The molecular formula is C10H11FN2O. The molecule has 0 saturated carbocycles. The molecule has 1 aliphatic rings. The number of benzene rings is 1. The van der Waals surface area contributed by atoms with Crippen molar-refractivity contribution < 1.29 is 9.18 Å². The van der Waals surface area contributed by atoms with Gasteiger partial charge < -0.3 is 10.6 Å². The summed E-state index contributed by atoms with van der Waals surface area (Å²) >= 11 is 0. The monoisotopic (exact) mass is 194 g/mol. The third kappa shape index (κ3) is 1.43. The van der Waals surface area contributed by atoms with Crippen molar-refractivity contribution in [2.45, 2.75) is 19.4 Å². The zero-order chi connectivity index (χ0) is 10.1. The van der Waals surface area contributed by atoms with Crippen LogP contribution in [0.3, 0.4) is 0 Å². The molecule has 74 valence electrons. The molecule has 1 aromatic rings. The van der Waals surface area contributed by atoms with Crippen LogP contribution in [0.1, 0.15) is 24.9 Å². The van der Waals surface area contributed by atoms with Crippen LogP contribution in [0, 0.1) is 5.82 Å². The van der Waals surface area contributed by atoms with E-state index in [1.165, 1.54) is 12.1 Å². The SMILES string of the molecule is CCC1NC(=O)Nc2ccc(F)cc21. The zero-order valence-corrected chi connectivity index (χ0v) is 7.80. The normalized spacial score (nSPS) is 19.6. The van der Waals surface area contributed by atoms with Crippen LogP contribution in [0.4, 0.5) is 14.9 Å². The summed E-state index contributed by atoms with van der Waals surface area (Å²) in [4.78, 5) is 11.2. The number of nitrogens with one attached hydrogen (secondary N) is 2. The molecule has 1 heterocycles. The zero-order valence-electron chi connectivity index (χ0n) is 7.80. The van der Waals surface area contributed by atoms with Crippen LogP contribution in [0.5, 0.6) is 0 Å². The Kier molecular flexibility index (Phi) is 2.11. The van der Waals surface area contributed by atoms with Crippen molar-refractivity contribution in [3.8, 4) is 0 Å². The molecule has 0 fully saturated rings. The number of carbonyl (C=O) groups excluding carboxylic acids is 1. The first-order valence-electron chi connectivity index (χ1n) is 4.57. The highest BCUT2D eigenvalue weighted by Gasteiger charge is 2.22. The summed E-state index contributed by atoms with van der Waals surface area (Å²) in [6.07, 6.45) is 0.754. The molecule has 0 saturated heterocycles. The maximum atomic E-state index is 13.0. The van der Waals surface area contributed by atoms with Gasteiger partial charge in [0.25, 0.3) is 0 Å². The van der Waals surface area contributed by atoms with E-state index in [0.717, 1.165) is 12.0 Å².